The van der Waals surface area contributed by atoms with Gasteiger partial charge >= 0.3 is 5.97 Å². The van der Waals surface area contributed by atoms with E-state index in [1.807, 2.05) is 36.6 Å². The molecule has 1 heterocycles. The third kappa shape index (κ3) is 4.96. The molecule has 2 rings (SSSR count). The van der Waals surface area contributed by atoms with Crippen LogP contribution in [0.15, 0.2) is 29.6 Å². The number of aryl methyl sites for hydroxylation is 1. The molecule has 1 aromatic carbocycles. The molecule has 0 saturated carbocycles. The summed E-state index contributed by atoms with van der Waals surface area (Å²) in [6.45, 7) is 1.96. The number of rotatable bonds is 7. The van der Waals surface area contributed by atoms with E-state index in [0.717, 1.165) is 22.0 Å². The molecule has 2 N–H and O–H groups in total. The van der Waals surface area contributed by atoms with Gasteiger partial charge in [0.25, 0.3) is 0 Å². The van der Waals surface area contributed by atoms with Crippen LogP contribution in [0.4, 0.5) is 5.69 Å². The normalized spacial score (nSPS) is 10.4. The van der Waals surface area contributed by atoms with E-state index in [-0.39, 0.29) is 12.3 Å². The summed E-state index contributed by atoms with van der Waals surface area (Å²) in [6.07, 6.45) is 1.52. The highest BCUT2D eigenvalue weighted by Gasteiger charge is 2.06. The molecular formula is C16H18N2O3S. The zero-order valence-corrected chi connectivity index (χ0v) is 13.2. The summed E-state index contributed by atoms with van der Waals surface area (Å²) >= 11 is 1.59. The van der Waals surface area contributed by atoms with Crippen molar-refractivity contribution in [3.63, 3.8) is 0 Å². The number of amides is 1. The van der Waals surface area contributed by atoms with Crippen molar-refractivity contribution in [3.8, 4) is 11.3 Å². The van der Waals surface area contributed by atoms with Crippen LogP contribution < -0.4 is 5.32 Å². The molecule has 0 saturated heterocycles. The Morgan fingerprint density at radius 3 is 2.73 bits per heavy atom. The molecule has 0 spiro atoms. The van der Waals surface area contributed by atoms with Gasteiger partial charge in [-0.1, -0.05) is 12.1 Å². The molecule has 0 unspecified atom stereocenters. The van der Waals surface area contributed by atoms with Crippen LogP contribution in [0, 0.1) is 6.92 Å². The zero-order chi connectivity index (χ0) is 15.9. The Kier molecular flexibility index (Phi) is 5.66. The van der Waals surface area contributed by atoms with Crippen molar-refractivity contribution >= 4 is 28.9 Å². The first-order valence-electron chi connectivity index (χ1n) is 7.09. The van der Waals surface area contributed by atoms with Crippen molar-refractivity contribution in [2.45, 2.75) is 32.6 Å². The van der Waals surface area contributed by atoms with Crippen molar-refractivity contribution in [2.75, 3.05) is 5.32 Å². The molecule has 0 aliphatic carbocycles. The van der Waals surface area contributed by atoms with Crippen molar-refractivity contribution < 1.29 is 14.7 Å². The Balaban J connectivity index is 1.90. The highest BCUT2D eigenvalue weighted by atomic mass is 32.1. The maximum Gasteiger partial charge on any atom is 0.303 e. The molecule has 2 aromatic rings. The van der Waals surface area contributed by atoms with Gasteiger partial charge in [0.2, 0.25) is 5.91 Å². The average Bonchev–Trinajstić information content (AvgIpc) is 2.90. The van der Waals surface area contributed by atoms with Gasteiger partial charge in [0.05, 0.1) is 10.7 Å². The van der Waals surface area contributed by atoms with E-state index < -0.39 is 5.97 Å². The van der Waals surface area contributed by atoms with Gasteiger partial charge < -0.3 is 10.4 Å². The number of carbonyl (C=O) groups excluding carboxylic acids is 1. The van der Waals surface area contributed by atoms with E-state index in [2.05, 4.69) is 10.3 Å². The fourth-order valence-corrected chi connectivity index (χ4v) is 2.66. The predicted octanol–water partition coefficient (Wildman–Crippen LogP) is 3.70. The molecule has 0 bridgehead atoms. The molecule has 22 heavy (non-hydrogen) atoms. The summed E-state index contributed by atoms with van der Waals surface area (Å²) in [5, 5.41) is 14.4. The van der Waals surface area contributed by atoms with Gasteiger partial charge in [-0.3, -0.25) is 9.59 Å². The Morgan fingerprint density at radius 1 is 1.27 bits per heavy atom. The van der Waals surface area contributed by atoms with E-state index in [0.29, 0.717) is 19.3 Å². The number of hydrogen-bond donors (Lipinski definition) is 2. The minimum atomic E-state index is -0.827. The predicted molar refractivity (Wildman–Crippen MR) is 87.0 cm³/mol. The fourth-order valence-electron chi connectivity index (χ4n) is 2.04. The highest BCUT2D eigenvalue weighted by molar-refractivity contribution is 7.09. The molecule has 116 valence electrons. The first-order valence-corrected chi connectivity index (χ1v) is 7.97. The molecule has 1 aromatic heterocycles. The lowest BCUT2D eigenvalue weighted by atomic mass is 10.1. The lowest BCUT2D eigenvalue weighted by molar-refractivity contribution is -0.137. The number of carbonyl (C=O) groups is 2. The topological polar surface area (TPSA) is 79.3 Å². The second kappa shape index (κ2) is 7.70. The lowest BCUT2D eigenvalue weighted by Crippen LogP contribution is -2.11. The van der Waals surface area contributed by atoms with Crippen molar-refractivity contribution in [1.29, 1.82) is 0 Å². The van der Waals surface area contributed by atoms with Crippen LogP contribution in [0.1, 0.15) is 30.7 Å². The molecule has 5 nitrogen and oxygen atoms in total. The van der Waals surface area contributed by atoms with Gasteiger partial charge in [-0.15, -0.1) is 11.3 Å². The van der Waals surface area contributed by atoms with E-state index >= 15 is 0 Å². The van der Waals surface area contributed by atoms with Crippen LogP contribution in [-0.4, -0.2) is 22.0 Å². The number of aliphatic carboxylic acids is 1. The summed E-state index contributed by atoms with van der Waals surface area (Å²) in [7, 11) is 0. The number of nitrogens with zero attached hydrogens (tertiary/aromatic N) is 1. The van der Waals surface area contributed by atoms with E-state index in [1.54, 1.807) is 11.3 Å². The van der Waals surface area contributed by atoms with Gasteiger partial charge in [0.1, 0.15) is 0 Å². The monoisotopic (exact) mass is 318 g/mol. The summed E-state index contributed by atoms with van der Waals surface area (Å²) in [5.41, 5.74) is 2.60. The Morgan fingerprint density at radius 2 is 2.05 bits per heavy atom. The Hall–Kier alpha value is -2.21. The van der Waals surface area contributed by atoms with Crippen LogP contribution in [0.2, 0.25) is 0 Å². The molecule has 0 fully saturated rings. The molecule has 0 aliphatic heterocycles. The summed E-state index contributed by atoms with van der Waals surface area (Å²) < 4.78 is 0. The van der Waals surface area contributed by atoms with Gasteiger partial charge in [-0.25, -0.2) is 4.98 Å². The number of unbranched alkanes of at least 4 members (excludes halogenated alkanes) is 1. The fraction of sp³-hybridized carbons (Fsp3) is 0.312. The maximum atomic E-state index is 11.8. The van der Waals surface area contributed by atoms with Gasteiger partial charge in [0.15, 0.2) is 0 Å². The number of hydrogen-bond acceptors (Lipinski definition) is 4. The first-order chi connectivity index (χ1) is 10.5. The molecule has 6 heteroatoms. The van der Waals surface area contributed by atoms with Crippen LogP contribution in [0.3, 0.4) is 0 Å². The number of carboxylic acids is 1. The highest BCUT2D eigenvalue weighted by Crippen LogP contribution is 2.24. The standard InChI is InChI=1S/C16H18N2O3S/c1-11-17-14(10-22-11)12-5-4-6-13(9-12)18-15(19)7-2-3-8-16(20)21/h4-6,9-10H,2-3,7-8H2,1H3,(H,18,19)(H,20,21). The van der Waals surface area contributed by atoms with Crippen LogP contribution in [0.5, 0.6) is 0 Å². The van der Waals surface area contributed by atoms with Crippen LogP contribution in [-0.2, 0) is 9.59 Å². The number of nitrogens with one attached hydrogen (secondary N) is 1. The Bertz CT molecular complexity index is 667. The third-order valence-electron chi connectivity index (χ3n) is 3.11. The zero-order valence-electron chi connectivity index (χ0n) is 12.3. The van der Waals surface area contributed by atoms with Gasteiger partial charge in [-0.05, 0) is 31.9 Å². The summed E-state index contributed by atoms with van der Waals surface area (Å²) in [6, 6.07) is 7.56. The molecule has 0 aliphatic rings. The van der Waals surface area contributed by atoms with Crippen LogP contribution in [0.25, 0.3) is 11.3 Å². The van der Waals surface area contributed by atoms with Crippen LogP contribution >= 0.6 is 11.3 Å². The molecule has 0 radical (unpaired) electrons. The summed E-state index contributed by atoms with van der Waals surface area (Å²) in [4.78, 5) is 26.7. The molecular weight excluding hydrogens is 300 g/mol. The van der Waals surface area contributed by atoms with Gasteiger partial charge in [0, 0.05) is 29.5 Å². The SMILES string of the molecule is Cc1nc(-c2cccc(NC(=O)CCCCC(=O)O)c2)cs1. The Labute approximate surface area is 133 Å². The minimum Gasteiger partial charge on any atom is -0.481 e. The minimum absolute atomic E-state index is 0.100. The largest absolute Gasteiger partial charge is 0.481 e. The number of thiazole rings is 1. The van der Waals surface area contributed by atoms with Crippen molar-refractivity contribution in [1.82, 2.24) is 4.98 Å². The number of anilines is 1. The maximum absolute atomic E-state index is 11.8. The number of aromatic nitrogens is 1. The second-order valence-corrected chi connectivity index (χ2v) is 6.04. The van der Waals surface area contributed by atoms with Crippen molar-refractivity contribution in [2.24, 2.45) is 0 Å². The molecule has 0 atom stereocenters. The first kappa shape index (κ1) is 16.2. The average molecular weight is 318 g/mol. The lowest BCUT2D eigenvalue weighted by Gasteiger charge is -2.06. The smallest absolute Gasteiger partial charge is 0.303 e. The third-order valence-corrected chi connectivity index (χ3v) is 3.88. The second-order valence-electron chi connectivity index (χ2n) is 4.98. The summed E-state index contributed by atoms with van der Waals surface area (Å²) in [5.74, 6) is -0.927. The van der Waals surface area contributed by atoms with E-state index in [9.17, 15) is 9.59 Å². The number of carboxylic acid groups (broad SMARTS) is 1. The number of benzene rings is 1. The van der Waals surface area contributed by atoms with E-state index in [4.69, 9.17) is 5.11 Å². The quantitative estimate of drug-likeness (QED) is 0.763. The van der Waals surface area contributed by atoms with E-state index in [1.165, 1.54) is 0 Å². The van der Waals surface area contributed by atoms with Crippen molar-refractivity contribution in [3.05, 3.63) is 34.7 Å². The van der Waals surface area contributed by atoms with Gasteiger partial charge in [-0.2, -0.15) is 0 Å². The molecule has 1 amide bonds.